The Labute approximate surface area is 180 Å². The lowest BCUT2D eigenvalue weighted by Crippen LogP contribution is -2.45. The van der Waals surface area contributed by atoms with Crippen molar-refractivity contribution < 1.29 is 23.5 Å². The molecule has 2 unspecified atom stereocenters. The number of ketones is 1. The standard InChI is InChI=1S/C22H26ClFN2O4/c1-12-18(14(3)25(5)19(12)22(29)30-6)20(27)15(4)26(21(28)13(2)23)11-16-7-9-17(24)10-8-16/h7-10,13,15H,11H2,1-6H3. The van der Waals surface area contributed by atoms with Crippen molar-refractivity contribution in [2.75, 3.05) is 7.11 Å². The number of aromatic nitrogens is 1. The third-order valence-electron chi connectivity index (χ3n) is 5.29. The number of amides is 1. The van der Waals surface area contributed by atoms with Gasteiger partial charge >= 0.3 is 5.97 Å². The van der Waals surface area contributed by atoms with Gasteiger partial charge in [-0.1, -0.05) is 12.1 Å². The van der Waals surface area contributed by atoms with E-state index < -0.39 is 29.1 Å². The van der Waals surface area contributed by atoms with E-state index in [1.54, 1.807) is 44.5 Å². The largest absolute Gasteiger partial charge is 0.464 e. The van der Waals surface area contributed by atoms with Gasteiger partial charge in [0.05, 0.1) is 13.2 Å². The SMILES string of the molecule is COC(=O)c1c(C)c(C(=O)C(C)N(Cc2ccc(F)cc2)C(=O)C(C)Cl)c(C)n1C. The Morgan fingerprint density at radius 1 is 1.17 bits per heavy atom. The van der Waals surface area contributed by atoms with Gasteiger partial charge in [-0.05, 0) is 51.0 Å². The van der Waals surface area contributed by atoms with Gasteiger partial charge in [0.1, 0.15) is 16.9 Å². The number of hydrogen-bond donors (Lipinski definition) is 0. The summed E-state index contributed by atoms with van der Waals surface area (Å²) in [6.07, 6.45) is 0. The summed E-state index contributed by atoms with van der Waals surface area (Å²) in [6, 6.07) is 4.85. The van der Waals surface area contributed by atoms with Gasteiger partial charge in [-0.3, -0.25) is 9.59 Å². The topological polar surface area (TPSA) is 68.6 Å². The smallest absolute Gasteiger partial charge is 0.354 e. The van der Waals surface area contributed by atoms with Crippen molar-refractivity contribution in [3.05, 3.63) is 58.2 Å². The van der Waals surface area contributed by atoms with Crippen LogP contribution in [0.3, 0.4) is 0 Å². The molecule has 0 N–H and O–H groups in total. The Balaban J connectivity index is 2.46. The minimum absolute atomic E-state index is 0.0951. The number of Topliss-reactive ketones (excluding diaryl/α,β-unsaturated/α-hetero) is 1. The first-order valence-corrected chi connectivity index (χ1v) is 9.92. The Kier molecular flexibility index (Phi) is 7.42. The zero-order chi connectivity index (χ0) is 22.7. The van der Waals surface area contributed by atoms with Crippen LogP contribution >= 0.6 is 11.6 Å². The van der Waals surface area contributed by atoms with Crippen LogP contribution in [0, 0.1) is 19.7 Å². The molecule has 1 heterocycles. The number of rotatable bonds is 7. The molecule has 0 spiro atoms. The van der Waals surface area contributed by atoms with Crippen LogP contribution in [0.2, 0.25) is 0 Å². The normalized spacial score (nSPS) is 12.9. The van der Waals surface area contributed by atoms with Crippen LogP contribution in [-0.4, -0.2) is 45.7 Å². The second kappa shape index (κ2) is 9.43. The summed E-state index contributed by atoms with van der Waals surface area (Å²) in [6.45, 7) is 6.66. The Morgan fingerprint density at radius 2 is 1.73 bits per heavy atom. The second-order valence-corrected chi connectivity index (χ2v) is 7.89. The molecule has 1 aromatic carbocycles. The molecule has 0 aliphatic rings. The maximum absolute atomic E-state index is 13.4. The molecule has 0 saturated carbocycles. The third-order valence-corrected chi connectivity index (χ3v) is 5.48. The molecule has 0 aliphatic carbocycles. The fourth-order valence-corrected chi connectivity index (χ4v) is 3.62. The summed E-state index contributed by atoms with van der Waals surface area (Å²) in [7, 11) is 2.96. The van der Waals surface area contributed by atoms with Crippen LogP contribution in [0.4, 0.5) is 4.39 Å². The summed E-state index contributed by atoms with van der Waals surface area (Å²) in [5.74, 6) is -1.67. The molecule has 162 valence electrons. The van der Waals surface area contributed by atoms with E-state index in [4.69, 9.17) is 16.3 Å². The van der Waals surface area contributed by atoms with Gasteiger partial charge < -0.3 is 14.2 Å². The molecule has 0 aliphatic heterocycles. The van der Waals surface area contributed by atoms with Crippen LogP contribution in [0.25, 0.3) is 0 Å². The van der Waals surface area contributed by atoms with E-state index in [0.717, 1.165) is 0 Å². The van der Waals surface area contributed by atoms with Gasteiger partial charge in [-0.2, -0.15) is 0 Å². The number of carbonyl (C=O) groups excluding carboxylic acids is 3. The maximum Gasteiger partial charge on any atom is 0.354 e. The van der Waals surface area contributed by atoms with E-state index in [9.17, 15) is 18.8 Å². The first kappa shape index (κ1) is 23.6. The van der Waals surface area contributed by atoms with E-state index in [1.165, 1.54) is 31.1 Å². The van der Waals surface area contributed by atoms with Crippen LogP contribution in [0.15, 0.2) is 24.3 Å². The molecule has 0 bridgehead atoms. The summed E-state index contributed by atoms with van der Waals surface area (Å²) >= 11 is 6.03. The highest BCUT2D eigenvalue weighted by Gasteiger charge is 2.33. The number of ether oxygens (including phenoxy) is 1. The van der Waals surface area contributed by atoms with E-state index in [2.05, 4.69) is 0 Å². The van der Waals surface area contributed by atoms with Crippen LogP contribution in [0.1, 0.15) is 51.5 Å². The molecule has 0 radical (unpaired) electrons. The van der Waals surface area contributed by atoms with Gasteiger partial charge in [0.2, 0.25) is 5.91 Å². The van der Waals surface area contributed by atoms with E-state index in [-0.39, 0.29) is 18.0 Å². The molecular weight excluding hydrogens is 411 g/mol. The fraction of sp³-hybridized carbons (Fsp3) is 0.409. The predicted molar refractivity (Wildman–Crippen MR) is 112 cm³/mol. The summed E-state index contributed by atoms with van der Waals surface area (Å²) in [5, 5.41) is -0.843. The zero-order valence-corrected chi connectivity index (χ0v) is 18.7. The van der Waals surface area contributed by atoms with Gasteiger partial charge in [0.15, 0.2) is 5.78 Å². The summed E-state index contributed by atoms with van der Waals surface area (Å²) in [4.78, 5) is 39.7. The molecule has 0 saturated heterocycles. The van der Waals surface area contributed by atoms with Crippen molar-refractivity contribution in [2.45, 2.75) is 45.7 Å². The van der Waals surface area contributed by atoms with Crippen molar-refractivity contribution in [3.63, 3.8) is 0 Å². The van der Waals surface area contributed by atoms with Crippen molar-refractivity contribution in [1.29, 1.82) is 0 Å². The lowest BCUT2D eigenvalue weighted by atomic mass is 9.99. The lowest BCUT2D eigenvalue weighted by Gasteiger charge is -2.30. The van der Waals surface area contributed by atoms with Crippen molar-refractivity contribution >= 4 is 29.3 Å². The first-order valence-electron chi connectivity index (χ1n) is 9.48. The molecule has 1 amide bonds. The predicted octanol–water partition coefficient (Wildman–Crippen LogP) is 3.79. The van der Waals surface area contributed by atoms with E-state index >= 15 is 0 Å². The third kappa shape index (κ3) is 4.56. The molecule has 0 fully saturated rings. The number of esters is 1. The van der Waals surface area contributed by atoms with Crippen molar-refractivity contribution in [1.82, 2.24) is 9.47 Å². The number of benzene rings is 1. The highest BCUT2D eigenvalue weighted by molar-refractivity contribution is 6.30. The van der Waals surface area contributed by atoms with Gasteiger partial charge in [-0.15, -0.1) is 11.6 Å². The summed E-state index contributed by atoms with van der Waals surface area (Å²) < 4.78 is 19.7. The number of alkyl halides is 1. The molecule has 2 aromatic rings. The van der Waals surface area contributed by atoms with Crippen molar-refractivity contribution in [3.8, 4) is 0 Å². The Hall–Kier alpha value is -2.67. The quantitative estimate of drug-likeness (QED) is 0.376. The van der Waals surface area contributed by atoms with Gasteiger partial charge in [0, 0.05) is 24.8 Å². The number of hydrogen-bond acceptors (Lipinski definition) is 4. The fourth-order valence-electron chi connectivity index (χ4n) is 3.50. The highest BCUT2D eigenvalue weighted by Crippen LogP contribution is 2.25. The number of methoxy groups -OCH3 is 1. The van der Waals surface area contributed by atoms with Crippen LogP contribution in [-0.2, 0) is 23.1 Å². The molecule has 8 heteroatoms. The summed E-state index contributed by atoms with van der Waals surface area (Å²) in [5.41, 5.74) is 2.40. The molecule has 2 rings (SSSR count). The maximum atomic E-state index is 13.4. The van der Waals surface area contributed by atoms with E-state index in [0.29, 0.717) is 22.4 Å². The average molecular weight is 437 g/mol. The average Bonchev–Trinajstić information content (AvgIpc) is 2.93. The highest BCUT2D eigenvalue weighted by atomic mass is 35.5. The number of carbonyl (C=O) groups is 3. The van der Waals surface area contributed by atoms with Crippen molar-refractivity contribution in [2.24, 2.45) is 7.05 Å². The second-order valence-electron chi connectivity index (χ2n) is 7.23. The number of halogens is 2. The number of nitrogens with zero attached hydrogens (tertiary/aromatic N) is 2. The zero-order valence-electron chi connectivity index (χ0n) is 18.0. The monoisotopic (exact) mass is 436 g/mol. The van der Waals surface area contributed by atoms with Gasteiger partial charge in [-0.25, -0.2) is 9.18 Å². The minimum atomic E-state index is -0.853. The van der Waals surface area contributed by atoms with Crippen LogP contribution < -0.4 is 0 Å². The van der Waals surface area contributed by atoms with Crippen LogP contribution in [0.5, 0.6) is 0 Å². The molecular formula is C22H26ClFN2O4. The molecule has 2 atom stereocenters. The first-order chi connectivity index (χ1) is 14.0. The lowest BCUT2D eigenvalue weighted by molar-refractivity contribution is -0.132. The molecule has 1 aromatic heterocycles. The minimum Gasteiger partial charge on any atom is -0.464 e. The van der Waals surface area contributed by atoms with E-state index in [1.807, 2.05) is 0 Å². The Morgan fingerprint density at radius 3 is 2.23 bits per heavy atom. The Bertz CT molecular complexity index is 967. The molecule has 30 heavy (non-hydrogen) atoms. The molecule has 6 nitrogen and oxygen atoms in total. The van der Waals surface area contributed by atoms with Gasteiger partial charge in [0.25, 0.3) is 0 Å².